The fraction of sp³-hybridized carbons (Fsp3) is 0.333. The summed E-state index contributed by atoms with van der Waals surface area (Å²) in [6.07, 6.45) is 3.02. The van der Waals surface area contributed by atoms with Crippen molar-refractivity contribution in [2.45, 2.75) is 26.2 Å². The van der Waals surface area contributed by atoms with E-state index >= 15 is 0 Å². The number of fused-ring (bicyclic) bond motifs is 1. The summed E-state index contributed by atoms with van der Waals surface area (Å²) in [4.78, 5) is 19.6. The monoisotopic (exact) mass is 284 g/mol. The molecule has 0 unspecified atom stereocenters. The van der Waals surface area contributed by atoms with Crippen molar-refractivity contribution in [3.63, 3.8) is 0 Å². The van der Waals surface area contributed by atoms with Gasteiger partial charge in [-0.1, -0.05) is 12.1 Å². The molecular weight excluding hydrogens is 268 g/mol. The van der Waals surface area contributed by atoms with E-state index in [0.29, 0.717) is 11.4 Å². The molecule has 2 aromatic rings. The van der Waals surface area contributed by atoms with Crippen molar-refractivity contribution in [3.05, 3.63) is 45.6 Å². The van der Waals surface area contributed by atoms with Crippen molar-refractivity contribution in [2.24, 2.45) is 0 Å². The lowest BCUT2D eigenvalue weighted by Crippen LogP contribution is -2.06. The second-order valence-corrected chi connectivity index (χ2v) is 5.01. The molecule has 6 heteroatoms. The maximum atomic E-state index is 10.9. The molecule has 1 heterocycles. The lowest BCUT2D eigenvalue weighted by Gasteiger charge is -2.11. The van der Waals surface area contributed by atoms with Crippen molar-refractivity contribution in [2.75, 3.05) is 11.9 Å². The van der Waals surface area contributed by atoms with Crippen molar-refractivity contribution in [3.8, 4) is 11.4 Å². The fourth-order valence-electron chi connectivity index (χ4n) is 2.63. The standard InChI is InChI=1S/C15H16N4O2/c1-2-16-15-12-7-4-8-13(12)17-14(18-15)10-5-3-6-11(9-10)19(20)21/h3,5-6,9H,2,4,7-8H2,1H3,(H,16,17,18). The Balaban J connectivity index is 2.08. The van der Waals surface area contributed by atoms with Gasteiger partial charge < -0.3 is 5.32 Å². The summed E-state index contributed by atoms with van der Waals surface area (Å²) in [6.45, 7) is 2.81. The molecule has 0 spiro atoms. The molecule has 3 rings (SSSR count). The van der Waals surface area contributed by atoms with E-state index in [2.05, 4.69) is 15.3 Å². The van der Waals surface area contributed by atoms with Gasteiger partial charge in [0.15, 0.2) is 5.82 Å². The average Bonchev–Trinajstić information content (AvgIpc) is 2.96. The number of anilines is 1. The molecule has 0 saturated heterocycles. The van der Waals surface area contributed by atoms with Gasteiger partial charge in [0.1, 0.15) is 5.82 Å². The third kappa shape index (κ3) is 2.56. The first-order valence-corrected chi connectivity index (χ1v) is 7.07. The van der Waals surface area contributed by atoms with Crippen LogP contribution in [-0.2, 0) is 12.8 Å². The lowest BCUT2D eigenvalue weighted by molar-refractivity contribution is -0.384. The average molecular weight is 284 g/mol. The highest BCUT2D eigenvalue weighted by molar-refractivity contribution is 5.63. The van der Waals surface area contributed by atoms with Crippen LogP contribution in [0.3, 0.4) is 0 Å². The number of aryl methyl sites for hydroxylation is 1. The second kappa shape index (κ2) is 5.47. The van der Waals surface area contributed by atoms with Crippen LogP contribution in [0.4, 0.5) is 11.5 Å². The molecule has 0 fully saturated rings. The predicted octanol–water partition coefficient (Wildman–Crippen LogP) is 2.97. The highest BCUT2D eigenvalue weighted by Gasteiger charge is 2.20. The van der Waals surface area contributed by atoms with E-state index in [1.54, 1.807) is 12.1 Å². The maximum absolute atomic E-state index is 10.9. The van der Waals surface area contributed by atoms with Crippen molar-refractivity contribution < 1.29 is 4.92 Å². The van der Waals surface area contributed by atoms with Crippen LogP contribution in [0.2, 0.25) is 0 Å². The third-order valence-electron chi connectivity index (χ3n) is 3.59. The number of nitrogens with one attached hydrogen (secondary N) is 1. The summed E-state index contributed by atoms with van der Waals surface area (Å²) in [5, 5.41) is 14.2. The summed E-state index contributed by atoms with van der Waals surface area (Å²) in [7, 11) is 0. The summed E-state index contributed by atoms with van der Waals surface area (Å²) in [6, 6.07) is 6.46. The van der Waals surface area contributed by atoms with Gasteiger partial charge in [-0.15, -0.1) is 0 Å². The molecule has 1 aromatic heterocycles. The van der Waals surface area contributed by atoms with Crippen molar-refractivity contribution in [1.82, 2.24) is 9.97 Å². The number of aromatic nitrogens is 2. The molecule has 0 bridgehead atoms. The van der Waals surface area contributed by atoms with Crippen LogP contribution >= 0.6 is 0 Å². The van der Waals surface area contributed by atoms with E-state index in [-0.39, 0.29) is 5.69 Å². The molecule has 108 valence electrons. The predicted molar refractivity (Wildman–Crippen MR) is 80.3 cm³/mol. The Kier molecular flexibility index (Phi) is 3.51. The topological polar surface area (TPSA) is 81.0 Å². The van der Waals surface area contributed by atoms with Gasteiger partial charge in [0.2, 0.25) is 0 Å². The zero-order valence-electron chi connectivity index (χ0n) is 11.8. The van der Waals surface area contributed by atoms with E-state index in [1.807, 2.05) is 6.92 Å². The van der Waals surface area contributed by atoms with Gasteiger partial charge in [0.05, 0.1) is 4.92 Å². The Bertz CT molecular complexity index is 700. The molecule has 0 aliphatic heterocycles. The minimum Gasteiger partial charge on any atom is -0.370 e. The number of rotatable bonds is 4. The van der Waals surface area contributed by atoms with Crippen LogP contribution in [0.25, 0.3) is 11.4 Å². The zero-order valence-corrected chi connectivity index (χ0v) is 11.8. The summed E-state index contributed by atoms with van der Waals surface area (Å²) in [5.41, 5.74) is 2.98. The molecule has 1 N–H and O–H groups in total. The number of nitro groups is 1. The van der Waals surface area contributed by atoms with E-state index in [4.69, 9.17) is 0 Å². The van der Waals surface area contributed by atoms with Crippen LogP contribution in [0.1, 0.15) is 24.6 Å². The fourth-order valence-corrected chi connectivity index (χ4v) is 2.63. The van der Waals surface area contributed by atoms with Crippen LogP contribution in [0.15, 0.2) is 24.3 Å². The quantitative estimate of drug-likeness (QED) is 0.689. The third-order valence-corrected chi connectivity index (χ3v) is 3.59. The summed E-state index contributed by atoms with van der Waals surface area (Å²) in [5.74, 6) is 1.41. The molecule has 0 saturated carbocycles. The molecule has 0 radical (unpaired) electrons. The normalized spacial score (nSPS) is 13.0. The molecular formula is C15H16N4O2. The van der Waals surface area contributed by atoms with Gasteiger partial charge in [-0.2, -0.15) is 0 Å². The number of nitro benzene ring substituents is 1. The number of non-ortho nitro benzene ring substituents is 1. The number of benzene rings is 1. The SMILES string of the molecule is CCNc1nc(-c2cccc([N+](=O)[O-])c2)nc2c1CCC2. The zero-order chi connectivity index (χ0) is 14.8. The molecule has 0 atom stereocenters. The van der Waals surface area contributed by atoms with Gasteiger partial charge in [-0.3, -0.25) is 10.1 Å². The van der Waals surface area contributed by atoms with Crippen LogP contribution in [0.5, 0.6) is 0 Å². The van der Waals surface area contributed by atoms with E-state index in [0.717, 1.165) is 37.3 Å². The van der Waals surface area contributed by atoms with Crippen LogP contribution < -0.4 is 5.32 Å². The highest BCUT2D eigenvalue weighted by Crippen LogP contribution is 2.30. The van der Waals surface area contributed by atoms with E-state index in [9.17, 15) is 10.1 Å². The largest absolute Gasteiger partial charge is 0.370 e. The maximum Gasteiger partial charge on any atom is 0.270 e. The molecule has 1 aliphatic carbocycles. The number of nitrogens with zero attached hydrogens (tertiary/aromatic N) is 3. The van der Waals surface area contributed by atoms with Crippen molar-refractivity contribution >= 4 is 11.5 Å². The minimum absolute atomic E-state index is 0.0570. The highest BCUT2D eigenvalue weighted by atomic mass is 16.6. The Hall–Kier alpha value is -2.50. The number of hydrogen-bond donors (Lipinski definition) is 1. The van der Waals surface area contributed by atoms with Gasteiger partial charge in [0, 0.05) is 35.5 Å². The Morgan fingerprint density at radius 3 is 2.95 bits per heavy atom. The van der Waals surface area contributed by atoms with Crippen LogP contribution in [0, 0.1) is 10.1 Å². The summed E-state index contributed by atoms with van der Waals surface area (Å²) < 4.78 is 0. The molecule has 21 heavy (non-hydrogen) atoms. The van der Waals surface area contributed by atoms with Crippen LogP contribution in [-0.4, -0.2) is 21.4 Å². The van der Waals surface area contributed by atoms with E-state index in [1.165, 1.54) is 17.7 Å². The lowest BCUT2D eigenvalue weighted by atomic mass is 10.1. The molecule has 6 nitrogen and oxygen atoms in total. The minimum atomic E-state index is -0.401. The Morgan fingerprint density at radius 1 is 1.33 bits per heavy atom. The van der Waals surface area contributed by atoms with Gasteiger partial charge in [0.25, 0.3) is 5.69 Å². The summed E-state index contributed by atoms with van der Waals surface area (Å²) >= 11 is 0. The van der Waals surface area contributed by atoms with E-state index < -0.39 is 4.92 Å². The molecule has 1 aromatic carbocycles. The number of hydrogen-bond acceptors (Lipinski definition) is 5. The molecule has 1 aliphatic rings. The Labute approximate surface area is 122 Å². The van der Waals surface area contributed by atoms with Crippen molar-refractivity contribution in [1.29, 1.82) is 0 Å². The second-order valence-electron chi connectivity index (χ2n) is 5.01. The Morgan fingerprint density at radius 2 is 2.19 bits per heavy atom. The molecule has 0 amide bonds. The first-order valence-electron chi connectivity index (χ1n) is 7.07. The first kappa shape index (κ1) is 13.5. The van der Waals surface area contributed by atoms with Gasteiger partial charge in [-0.05, 0) is 26.2 Å². The smallest absolute Gasteiger partial charge is 0.270 e. The van der Waals surface area contributed by atoms with Gasteiger partial charge in [-0.25, -0.2) is 9.97 Å². The first-order chi connectivity index (χ1) is 10.2. The van der Waals surface area contributed by atoms with Gasteiger partial charge >= 0.3 is 0 Å².